The Morgan fingerprint density at radius 1 is 1.15 bits per heavy atom. The van der Waals surface area contributed by atoms with Gasteiger partial charge in [0.2, 0.25) is 0 Å². The topological polar surface area (TPSA) is 83.8 Å². The molecule has 0 radical (unpaired) electrons. The molecule has 2 heterocycles. The second-order valence-corrected chi connectivity index (χ2v) is 5.85. The fraction of sp³-hybridized carbons (Fsp3) is 0.333. The van der Waals surface area contributed by atoms with Crippen molar-refractivity contribution in [3.05, 3.63) is 54.2 Å². The molecule has 0 bridgehead atoms. The Bertz CT molecular complexity index is 745. The molecule has 0 saturated carbocycles. The first-order valence-corrected chi connectivity index (χ1v) is 8.33. The number of anilines is 1. The van der Waals surface area contributed by atoms with Crippen LogP contribution < -0.4 is 10.6 Å². The normalized spacial score (nSPS) is 16.0. The highest BCUT2D eigenvalue weighted by Gasteiger charge is 2.26. The standard InChI is InChI=1S/C18H20FN3O4/c19-13-3-1-4-14(11-13)21-18(24)17(23)20-12-15(16-5-2-8-26-16)22-6-9-25-10-7-22/h1-5,8,11,15H,6-7,9-10,12H2,(H,20,23)(H,21,24). The van der Waals surface area contributed by atoms with E-state index in [-0.39, 0.29) is 18.3 Å². The smallest absolute Gasteiger partial charge is 0.313 e. The fourth-order valence-corrected chi connectivity index (χ4v) is 2.80. The number of hydrogen-bond donors (Lipinski definition) is 2. The molecule has 0 aliphatic carbocycles. The molecule has 1 unspecified atom stereocenters. The maximum absolute atomic E-state index is 13.2. The lowest BCUT2D eigenvalue weighted by molar-refractivity contribution is -0.136. The van der Waals surface area contributed by atoms with Crippen molar-refractivity contribution < 1.29 is 23.1 Å². The lowest BCUT2D eigenvalue weighted by Crippen LogP contribution is -2.45. The van der Waals surface area contributed by atoms with Crippen LogP contribution in [-0.4, -0.2) is 49.6 Å². The Hall–Kier alpha value is -2.71. The summed E-state index contributed by atoms with van der Waals surface area (Å²) in [6.45, 7) is 2.83. The molecule has 1 aliphatic heterocycles. The van der Waals surface area contributed by atoms with Crippen LogP contribution >= 0.6 is 0 Å². The van der Waals surface area contributed by atoms with Gasteiger partial charge in [-0.05, 0) is 30.3 Å². The average Bonchev–Trinajstić information content (AvgIpc) is 3.17. The maximum atomic E-state index is 13.2. The SMILES string of the molecule is O=C(NCC(c1ccco1)N1CCOCC1)C(=O)Nc1cccc(F)c1. The molecule has 1 aliphatic rings. The van der Waals surface area contributed by atoms with Crippen molar-refractivity contribution in [2.24, 2.45) is 0 Å². The Kier molecular flexibility index (Phi) is 5.98. The van der Waals surface area contributed by atoms with Gasteiger partial charge < -0.3 is 19.8 Å². The number of carbonyl (C=O) groups is 2. The number of furan rings is 1. The van der Waals surface area contributed by atoms with Crippen LogP contribution in [0.25, 0.3) is 0 Å². The van der Waals surface area contributed by atoms with E-state index in [1.165, 1.54) is 18.2 Å². The van der Waals surface area contributed by atoms with Crippen LogP contribution in [0.4, 0.5) is 10.1 Å². The van der Waals surface area contributed by atoms with Gasteiger partial charge in [-0.1, -0.05) is 6.07 Å². The summed E-state index contributed by atoms with van der Waals surface area (Å²) in [6.07, 6.45) is 1.57. The van der Waals surface area contributed by atoms with Gasteiger partial charge in [0, 0.05) is 25.3 Å². The molecule has 138 valence electrons. The molecule has 1 aromatic carbocycles. The number of morpholine rings is 1. The van der Waals surface area contributed by atoms with Gasteiger partial charge >= 0.3 is 11.8 Å². The minimum absolute atomic E-state index is 0.195. The lowest BCUT2D eigenvalue weighted by atomic mass is 10.1. The maximum Gasteiger partial charge on any atom is 0.313 e. The quantitative estimate of drug-likeness (QED) is 0.790. The first-order valence-electron chi connectivity index (χ1n) is 8.33. The van der Waals surface area contributed by atoms with Crippen LogP contribution in [0.15, 0.2) is 47.1 Å². The number of nitrogens with zero attached hydrogens (tertiary/aromatic N) is 1. The minimum Gasteiger partial charge on any atom is -0.468 e. The van der Waals surface area contributed by atoms with E-state index < -0.39 is 17.6 Å². The Morgan fingerprint density at radius 2 is 1.96 bits per heavy atom. The van der Waals surface area contributed by atoms with E-state index in [1.54, 1.807) is 12.3 Å². The lowest BCUT2D eigenvalue weighted by Gasteiger charge is -2.33. The van der Waals surface area contributed by atoms with E-state index in [0.717, 1.165) is 6.07 Å². The number of ether oxygens (including phenoxy) is 1. The third-order valence-corrected chi connectivity index (χ3v) is 4.10. The third kappa shape index (κ3) is 4.68. The highest BCUT2D eigenvalue weighted by Crippen LogP contribution is 2.21. The zero-order chi connectivity index (χ0) is 18.4. The second kappa shape index (κ2) is 8.59. The van der Waals surface area contributed by atoms with Gasteiger partial charge in [-0.2, -0.15) is 0 Å². The number of rotatable bonds is 5. The van der Waals surface area contributed by atoms with Crippen molar-refractivity contribution in [1.82, 2.24) is 10.2 Å². The summed E-state index contributed by atoms with van der Waals surface area (Å²) in [5.74, 6) is -1.43. The van der Waals surface area contributed by atoms with Crippen LogP contribution in [0.1, 0.15) is 11.8 Å². The molecular formula is C18H20FN3O4. The van der Waals surface area contributed by atoms with Gasteiger partial charge in [-0.25, -0.2) is 4.39 Å². The zero-order valence-electron chi connectivity index (χ0n) is 14.1. The molecule has 1 atom stereocenters. The van der Waals surface area contributed by atoms with Crippen molar-refractivity contribution in [2.75, 3.05) is 38.2 Å². The highest BCUT2D eigenvalue weighted by molar-refractivity contribution is 6.39. The predicted molar refractivity (Wildman–Crippen MR) is 91.9 cm³/mol. The first kappa shape index (κ1) is 18.1. The predicted octanol–water partition coefficient (Wildman–Crippen LogP) is 1.55. The summed E-state index contributed by atoms with van der Waals surface area (Å²) in [7, 11) is 0. The summed E-state index contributed by atoms with van der Waals surface area (Å²) in [5, 5.41) is 4.99. The Balaban J connectivity index is 1.59. The zero-order valence-corrected chi connectivity index (χ0v) is 14.1. The van der Waals surface area contributed by atoms with Crippen LogP contribution in [0, 0.1) is 5.82 Å². The minimum atomic E-state index is -0.851. The third-order valence-electron chi connectivity index (χ3n) is 4.10. The van der Waals surface area contributed by atoms with E-state index in [0.29, 0.717) is 32.1 Å². The molecular weight excluding hydrogens is 341 g/mol. The van der Waals surface area contributed by atoms with Crippen molar-refractivity contribution in [3.8, 4) is 0 Å². The van der Waals surface area contributed by atoms with E-state index in [1.807, 2.05) is 6.07 Å². The van der Waals surface area contributed by atoms with Crippen molar-refractivity contribution >= 4 is 17.5 Å². The highest BCUT2D eigenvalue weighted by atomic mass is 19.1. The number of benzene rings is 1. The van der Waals surface area contributed by atoms with Crippen molar-refractivity contribution in [1.29, 1.82) is 0 Å². The van der Waals surface area contributed by atoms with Gasteiger partial charge in [-0.3, -0.25) is 14.5 Å². The summed E-state index contributed by atoms with van der Waals surface area (Å²) in [6, 6.07) is 8.78. The number of halogens is 1. The summed E-state index contributed by atoms with van der Waals surface area (Å²) in [4.78, 5) is 26.2. The summed E-state index contributed by atoms with van der Waals surface area (Å²) >= 11 is 0. The van der Waals surface area contributed by atoms with Crippen molar-refractivity contribution in [3.63, 3.8) is 0 Å². The molecule has 7 nitrogen and oxygen atoms in total. The molecule has 0 spiro atoms. The number of nitrogens with one attached hydrogen (secondary N) is 2. The molecule has 2 aromatic rings. The van der Waals surface area contributed by atoms with E-state index >= 15 is 0 Å². The van der Waals surface area contributed by atoms with Gasteiger partial charge in [0.05, 0.1) is 25.5 Å². The van der Waals surface area contributed by atoms with Crippen molar-refractivity contribution in [2.45, 2.75) is 6.04 Å². The number of amides is 2. The summed E-state index contributed by atoms with van der Waals surface area (Å²) in [5.41, 5.74) is 0.223. The Morgan fingerprint density at radius 3 is 2.65 bits per heavy atom. The molecule has 26 heavy (non-hydrogen) atoms. The largest absolute Gasteiger partial charge is 0.468 e. The molecule has 2 N–H and O–H groups in total. The van der Waals surface area contributed by atoms with Crippen LogP contribution in [-0.2, 0) is 14.3 Å². The first-order chi connectivity index (χ1) is 12.6. The van der Waals surface area contributed by atoms with Gasteiger partial charge in [0.1, 0.15) is 11.6 Å². The molecule has 1 fully saturated rings. The van der Waals surface area contributed by atoms with Gasteiger partial charge in [-0.15, -0.1) is 0 Å². The molecule has 3 rings (SSSR count). The number of hydrogen-bond acceptors (Lipinski definition) is 5. The molecule has 1 saturated heterocycles. The van der Waals surface area contributed by atoms with Crippen LogP contribution in [0.2, 0.25) is 0 Å². The van der Waals surface area contributed by atoms with E-state index in [2.05, 4.69) is 15.5 Å². The molecule has 2 amide bonds. The van der Waals surface area contributed by atoms with Gasteiger partial charge in [0.25, 0.3) is 0 Å². The molecule has 1 aromatic heterocycles. The number of carbonyl (C=O) groups excluding carboxylic acids is 2. The van der Waals surface area contributed by atoms with Crippen LogP contribution in [0.3, 0.4) is 0 Å². The fourth-order valence-electron chi connectivity index (χ4n) is 2.80. The van der Waals surface area contributed by atoms with Crippen LogP contribution in [0.5, 0.6) is 0 Å². The average molecular weight is 361 g/mol. The monoisotopic (exact) mass is 361 g/mol. The molecule has 8 heteroatoms. The van der Waals surface area contributed by atoms with Gasteiger partial charge in [0.15, 0.2) is 0 Å². The van der Waals surface area contributed by atoms with E-state index in [9.17, 15) is 14.0 Å². The van der Waals surface area contributed by atoms with E-state index in [4.69, 9.17) is 9.15 Å². The second-order valence-electron chi connectivity index (χ2n) is 5.85. The Labute approximate surface area is 150 Å². The summed E-state index contributed by atoms with van der Waals surface area (Å²) < 4.78 is 24.0.